The summed E-state index contributed by atoms with van der Waals surface area (Å²) in [6.45, 7) is 0. The lowest BCUT2D eigenvalue weighted by atomic mass is 10.3. The summed E-state index contributed by atoms with van der Waals surface area (Å²) in [6, 6.07) is 3.99. The number of aromatic nitrogens is 5. The third-order valence-corrected chi connectivity index (χ3v) is 4.81. The molecule has 0 radical (unpaired) electrons. The fourth-order valence-corrected chi connectivity index (χ4v) is 3.55. The summed E-state index contributed by atoms with van der Waals surface area (Å²) < 4.78 is 7.41. The quantitative estimate of drug-likeness (QED) is 0.724. The molecule has 1 aliphatic heterocycles. The van der Waals surface area contributed by atoms with Crippen molar-refractivity contribution in [3.05, 3.63) is 36.2 Å². The van der Waals surface area contributed by atoms with Crippen LogP contribution >= 0.6 is 11.8 Å². The number of nitrogens with zero attached hydrogens (tertiary/aromatic N) is 5. The van der Waals surface area contributed by atoms with Gasteiger partial charge in [-0.05, 0) is 25.0 Å². The highest BCUT2D eigenvalue weighted by Gasteiger charge is 2.31. The van der Waals surface area contributed by atoms with Crippen molar-refractivity contribution in [3.63, 3.8) is 0 Å². The summed E-state index contributed by atoms with van der Waals surface area (Å²) in [6.07, 6.45) is 5.93. The van der Waals surface area contributed by atoms with Crippen LogP contribution in [0.25, 0.3) is 17.2 Å². The standard InChI is InChI=1S/C14H11N5OS/c1-2-9-14(15-5-1)21-6-10-11(16-7-19(9)10)12-17-13(20-18-12)8-3-4-8/h1-2,5,7-8H,3-4,6H2. The zero-order valence-electron chi connectivity index (χ0n) is 11.1. The van der Waals surface area contributed by atoms with Crippen molar-refractivity contribution in [1.82, 2.24) is 24.7 Å². The molecule has 7 heteroatoms. The molecule has 0 N–H and O–H groups in total. The van der Waals surface area contributed by atoms with Crippen LogP contribution in [0.15, 0.2) is 34.2 Å². The monoisotopic (exact) mass is 297 g/mol. The zero-order chi connectivity index (χ0) is 13.8. The maximum atomic E-state index is 5.34. The van der Waals surface area contributed by atoms with Crippen LogP contribution in [0.5, 0.6) is 0 Å². The summed E-state index contributed by atoms with van der Waals surface area (Å²) in [5, 5.41) is 5.13. The van der Waals surface area contributed by atoms with Gasteiger partial charge in [0, 0.05) is 17.9 Å². The first-order chi connectivity index (χ1) is 10.4. The first-order valence-corrected chi connectivity index (χ1v) is 7.87. The SMILES string of the molecule is c1cnc2c(c1)-n1cnc(-c3noc(C4CC4)n3)c1CS2. The number of imidazole rings is 1. The number of rotatable bonds is 2. The Kier molecular flexibility index (Phi) is 2.29. The van der Waals surface area contributed by atoms with Crippen LogP contribution in [-0.4, -0.2) is 24.7 Å². The highest BCUT2D eigenvalue weighted by Crippen LogP contribution is 2.40. The Morgan fingerprint density at radius 1 is 1.29 bits per heavy atom. The van der Waals surface area contributed by atoms with Gasteiger partial charge in [0.25, 0.3) is 0 Å². The van der Waals surface area contributed by atoms with E-state index in [0.29, 0.717) is 11.7 Å². The number of thioether (sulfide) groups is 1. The normalized spacial score (nSPS) is 16.6. The largest absolute Gasteiger partial charge is 0.339 e. The summed E-state index contributed by atoms with van der Waals surface area (Å²) in [5.74, 6) is 2.62. The van der Waals surface area contributed by atoms with Gasteiger partial charge in [0.2, 0.25) is 11.7 Å². The maximum absolute atomic E-state index is 5.34. The molecule has 3 aromatic heterocycles. The summed E-state index contributed by atoms with van der Waals surface area (Å²) >= 11 is 1.71. The fraction of sp³-hybridized carbons (Fsp3) is 0.286. The molecule has 0 atom stereocenters. The molecule has 21 heavy (non-hydrogen) atoms. The van der Waals surface area contributed by atoms with Gasteiger partial charge in [0.1, 0.15) is 17.0 Å². The van der Waals surface area contributed by atoms with Crippen LogP contribution in [0.1, 0.15) is 30.3 Å². The van der Waals surface area contributed by atoms with Crippen LogP contribution in [0.3, 0.4) is 0 Å². The minimum absolute atomic E-state index is 0.462. The molecule has 1 saturated carbocycles. The zero-order valence-corrected chi connectivity index (χ0v) is 11.9. The van der Waals surface area contributed by atoms with E-state index < -0.39 is 0 Å². The Bertz CT molecular complexity index is 836. The number of hydrogen-bond acceptors (Lipinski definition) is 6. The van der Waals surface area contributed by atoms with Crippen molar-refractivity contribution in [2.75, 3.05) is 0 Å². The van der Waals surface area contributed by atoms with Crippen molar-refractivity contribution >= 4 is 11.8 Å². The maximum Gasteiger partial charge on any atom is 0.230 e. The molecule has 1 aliphatic carbocycles. The molecular formula is C14H11N5OS. The van der Waals surface area contributed by atoms with E-state index in [9.17, 15) is 0 Å². The van der Waals surface area contributed by atoms with Crippen molar-refractivity contribution < 1.29 is 4.52 Å². The van der Waals surface area contributed by atoms with Gasteiger partial charge in [0.05, 0.1) is 11.4 Å². The van der Waals surface area contributed by atoms with Crippen molar-refractivity contribution in [2.45, 2.75) is 29.5 Å². The van der Waals surface area contributed by atoms with Crippen molar-refractivity contribution in [3.8, 4) is 17.2 Å². The predicted octanol–water partition coefficient (Wildman–Crippen LogP) is 2.80. The molecule has 0 bridgehead atoms. The molecule has 5 rings (SSSR count). The van der Waals surface area contributed by atoms with Crippen LogP contribution in [0.4, 0.5) is 0 Å². The minimum atomic E-state index is 0.462. The van der Waals surface area contributed by atoms with Gasteiger partial charge >= 0.3 is 0 Å². The van der Waals surface area contributed by atoms with Gasteiger partial charge in [-0.2, -0.15) is 4.98 Å². The van der Waals surface area contributed by atoms with Crippen LogP contribution < -0.4 is 0 Å². The fourth-order valence-electron chi connectivity index (χ4n) is 2.55. The van der Waals surface area contributed by atoms with E-state index in [4.69, 9.17) is 4.52 Å². The molecule has 6 nitrogen and oxygen atoms in total. The van der Waals surface area contributed by atoms with E-state index in [1.807, 2.05) is 18.6 Å². The van der Waals surface area contributed by atoms with E-state index in [0.717, 1.165) is 46.6 Å². The average Bonchev–Trinajstić information content (AvgIpc) is 3.11. The van der Waals surface area contributed by atoms with Crippen LogP contribution in [0, 0.1) is 0 Å². The smallest absolute Gasteiger partial charge is 0.230 e. The highest BCUT2D eigenvalue weighted by atomic mass is 32.2. The Balaban J connectivity index is 1.62. The minimum Gasteiger partial charge on any atom is -0.339 e. The third kappa shape index (κ3) is 1.73. The first kappa shape index (κ1) is 11.5. The van der Waals surface area contributed by atoms with Gasteiger partial charge in [-0.25, -0.2) is 9.97 Å². The lowest BCUT2D eigenvalue weighted by molar-refractivity contribution is 0.380. The molecule has 1 fully saturated rings. The second kappa shape index (κ2) is 4.17. The van der Waals surface area contributed by atoms with Gasteiger partial charge < -0.3 is 4.52 Å². The summed E-state index contributed by atoms with van der Waals surface area (Å²) in [5.41, 5.74) is 2.98. The predicted molar refractivity (Wildman–Crippen MR) is 76.2 cm³/mol. The molecule has 0 aromatic carbocycles. The Labute approximate surface area is 124 Å². The number of hydrogen-bond donors (Lipinski definition) is 0. The van der Waals surface area contributed by atoms with E-state index in [2.05, 4.69) is 30.7 Å². The van der Waals surface area contributed by atoms with E-state index in [1.165, 1.54) is 0 Å². The molecule has 0 amide bonds. The van der Waals surface area contributed by atoms with Gasteiger partial charge in [0.15, 0.2) is 0 Å². The van der Waals surface area contributed by atoms with E-state index in [-0.39, 0.29) is 0 Å². The third-order valence-electron chi connectivity index (χ3n) is 3.80. The summed E-state index contributed by atoms with van der Waals surface area (Å²) in [7, 11) is 0. The number of pyridine rings is 1. The Morgan fingerprint density at radius 3 is 3.14 bits per heavy atom. The van der Waals surface area contributed by atoms with Crippen molar-refractivity contribution in [2.24, 2.45) is 0 Å². The lowest BCUT2D eigenvalue weighted by Crippen LogP contribution is -2.06. The van der Waals surface area contributed by atoms with Crippen LogP contribution in [-0.2, 0) is 5.75 Å². The van der Waals surface area contributed by atoms with E-state index >= 15 is 0 Å². The lowest BCUT2D eigenvalue weighted by Gasteiger charge is -2.17. The highest BCUT2D eigenvalue weighted by molar-refractivity contribution is 7.98. The van der Waals surface area contributed by atoms with Gasteiger partial charge in [-0.1, -0.05) is 16.9 Å². The topological polar surface area (TPSA) is 69.6 Å². The molecule has 0 saturated heterocycles. The second-order valence-corrected chi connectivity index (χ2v) is 6.22. The second-order valence-electron chi connectivity index (χ2n) is 5.26. The first-order valence-electron chi connectivity index (χ1n) is 6.88. The molecule has 0 spiro atoms. The molecule has 0 unspecified atom stereocenters. The average molecular weight is 297 g/mol. The molecular weight excluding hydrogens is 286 g/mol. The Morgan fingerprint density at radius 2 is 2.24 bits per heavy atom. The van der Waals surface area contributed by atoms with Gasteiger partial charge in [-0.15, -0.1) is 0 Å². The van der Waals surface area contributed by atoms with E-state index in [1.54, 1.807) is 11.8 Å². The van der Waals surface area contributed by atoms with Crippen LogP contribution in [0.2, 0.25) is 0 Å². The molecule has 4 heterocycles. The van der Waals surface area contributed by atoms with Gasteiger partial charge in [-0.3, -0.25) is 4.57 Å². The molecule has 104 valence electrons. The van der Waals surface area contributed by atoms with Crippen molar-refractivity contribution in [1.29, 1.82) is 0 Å². The number of fused-ring (bicyclic) bond motifs is 3. The Hall–Kier alpha value is -2.15. The molecule has 2 aliphatic rings. The summed E-state index contributed by atoms with van der Waals surface area (Å²) in [4.78, 5) is 13.4. The molecule has 3 aromatic rings.